The van der Waals surface area contributed by atoms with Crippen molar-refractivity contribution in [3.8, 4) is 0 Å². The molecule has 1 heterocycles. The zero-order valence-corrected chi connectivity index (χ0v) is 16.4. The van der Waals surface area contributed by atoms with Crippen molar-refractivity contribution in [2.75, 3.05) is 27.2 Å². The van der Waals surface area contributed by atoms with Crippen LogP contribution in [0, 0.1) is 0 Å². The number of piperidine rings is 1. The predicted octanol–water partition coefficient (Wildman–Crippen LogP) is 2.89. The van der Waals surface area contributed by atoms with E-state index >= 15 is 0 Å². The Bertz CT molecular complexity index is 891. The van der Waals surface area contributed by atoms with Crippen LogP contribution in [0.5, 0.6) is 0 Å². The Labute approximate surface area is 160 Å². The monoisotopic (exact) mass is 388 g/mol. The van der Waals surface area contributed by atoms with Crippen molar-refractivity contribution in [1.29, 1.82) is 0 Å². The zero-order chi connectivity index (χ0) is 19.4. The summed E-state index contributed by atoms with van der Waals surface area (Å²) in [7, 11) is -1.18. The van der Waals surface area contributed by atoms with E-state index in [2.05, 4.69) is 12.1 Å². The van der Waals surface area contributed by atoms with E-state index in [-0.39, 0.29) is 10.8 Å². The molecule has 3 rings (SSSR count). The highest BCUT2D eigenvalue weighted by molar-refractivity contribution is 7.89. The summed E-state index contributed by atoms with van der Waals surface area (Å²) in [6.07, 6.45) is 1.81. The molecule has 144 valence electrons. The third-order valence-electron chi connectivity index (χ3n) is 5.03. The fourth-order valence-corrected chi connectivity index (χ4v) is 4.38. The number of carbonyl (C=O) groups is 1. The predicted molar refractivity (Wildman–Crippen MR) is 103 cm³/mol. The van der Waals surface area contributed by atoms with E-state index in [0.29, 0.717) is 24.6 Å². The zero-order valence-electron chi connectivity index (χ0n) is 15.5. The van der Waals surface area contributed by atoms with Crippen LogP contribution in [-0.2, 0) is 14.9 Å². The second kappa shape index (κ2) is 8.21. The molecule has 0 saturated carbocycles. The van der Waals surface area contributed by atoms with Crippen LogP contribution in [0.4, 0.5) is 0 Å². The molecule has 0 aromatic heterocycles. The maximum atomic E-state index is 12.8. The second-order valence-corrected chi connectivity index (χ2v) is 8.54. The number of likely N-dealkylation sites (tertiary alicyclic amines) is 1. The number of hydroxylamine groups is 1. The minimum absolute atomic E-state index is 0.0388. The van der Waals surface area contributed by atoms with Gasteiger partial charge in [-0.25, -0.2) is 8.42 Å². The molecule has 2 aromatic carbocycles. The first-order valence-corrected chi connectivity index (χ1v) is 10.3. The smallest absolute Gasteiger partial charge is 0.264 e. The van der Waals surface area contributed by atoms with Gasteiger partial charge in [0.15, 0.2) is 0 Å². The molecule has 27 heavy (non-hydrogen) atoms. The summed E-state index contributed by atoms with van der Waals surface area (Å²) in [4.78, 5) is 19.5. The molecule has 1 amide bonds. The summed E-state index contributed by atoms with van der Waals surface area (Å²) in [6, 6.07) is 16.4. The third kappa shape index (κ3) is 4.21. The van der Waals surface area contributed by atoms with Crippen molar-refractivity contribution in [2.24, 2.45) is 0 Å². The minimum Gasteiger partial charge on any atom is -0.339 e. The van der Waals surface area contributed by atoms with Crippen LogP contribution in [0.2, 0.25) is 0 Å². The maximum Gasteiger partial charge on any atom is 0.264 e. The average Bonchev–Trinajstić information content (AvgIpc) is 2.73. The highest BCUT2D eigenvalue weighted by Gasteiger charge is 2.26. The molecule has 0 radical (unpaired) electrons. The number of carbonyl (C=O) groups excluding carboxylic acids is 1. The molecule has 0 unspecified atom stereocenters. The number of amides is 1. The molecular weight excluding hydrogens is 364 g/mol. The lowest BCUT2D eigenvalue weighted by molar-refractivity contribution is -0.0258. The maximum absolute atomic E-state index is 12.8. The fourth-order valence-electron chi connectivity index (χ4n) is 3.36. The number of hydrogen-bond donors (Lipinski definition) is 0. The Hall–Kier alpha value is -2.22. The molecule has 1 aliphatic rings. The molecule has 0 N–H and O–H groups in total. The summed E-state index contributed by atoms with van der Waals surface area (Å²) in [6.45, 7) is 1.32. The topological polar surface area (TPSA) is 66.9 Å². The lowest BCUT2D eigenvalue weighted by Crippen LogP contribution is -2.38. The Morgan fingerprint density at radius 2 is 1.74 bits per heavy atom. The van der Waals surface area contributed by atoms with E-state index in [4.69, 9.17) is 4.84 Å². The Morgan fingerprint density at radius 1 is 1.07 bits per heavy atom. The summed E-state index contributed by atoms with van der Waals surface area (Å²) < 4.78 is 25.6. The van der Waals surface area contributed by atoms with Crippen LogP contribution < -0.4 is 0 Å². The minimum atomic E-state index is -3.78. The average molecular weight is 388 g/mol. The van der Waals surface area contributed by atoms with Gasteiger partial charge in [-0.3, -0.25) is 9.63 Å². The van der Waals surface area contributed by atoms with Gasteiger partial charge in [-0.15, -0.1) is 0 Å². The van der Waals surface area contributed by atoms with Gasteiger partial charge in [0, 0.05) is 25.7 Å². The van der Waals surface area contributed by atoms with Gasteiger partial charge >= 0.3 is 0 Å². The summed E-state index contributed by atoms with van der Waals surface area (Å²) >= 11 is 0. The Balaban J connectivity index is 1.71. The molecule has 1 fully saturated rings. The highest BCUT2D eigenvalue weighted by atomic mass is 32.2. The molecular formula is C20H24N2O4S. The molecule has 0 bridgehead atoms. The van der Waals surface area contributed by atoms with Crippen LogP contribution >= 0.6 is 0 Å². The standard InChI is InChI=1S/C20H24N2O4S/c1-21(26-2)27(24,25)19-10-6-9-18(15-19)20(23)22-13-11-17(12-14-22)16-7-4-3-5-8-16/h3-10,15,17H,11-14H2,1-2H3. The lowest BCUT2D eigenvalue weighted by atomic mass is 9.89. The Kier molecular flexibility index (Phi) is 5.94. The molecule has 1 aliphatic heterocycles. The van der Waals surface area contributed by atoms with Crippen LogP contribution in [0.1, 0.15) is 34.7 Å². The van der Waals surface area contributed by atoms with E-state index in [1.807, 2.05) is 18.2 Å². The molecule has 0 spiro atoms. The van der Waals surface area contributed by atoms with Crippen LogP contribution in [0.15, 0.2) is 59.5 Å². The van der Waals surface area contributed by atoms with Gasteiger partial charge in [0.25, 0.3) is 15.9 Å². The van der Waals surface area contributed by atoms with Gasteiger partial charge in [0.1, 0.15) is 0 Å². The van der Waals surface area contributed by atoms with Crippen molar-refractivity contribution in [2.45, 2.75) is 23.7 Å². The molecule has 2 aromatic rings. The highest BCUT2D eigenvalue weighted by Crippen LogP contribution is 2.28. The molecule has 6 nitrogen and oxygen atoms in total. The van der Waals surface area contributed by atoms with Crippen LogP contribution in [-0.4, -0.2) is 50.9 Å². The second-order valence-electron chi connectivity index (χ2n) is 6.60. The summed E-state index contributed by atoms with van der Waals surface area (Å²) in [5, 5.41) is 0. The molecule has 0 aliphatic carbocycles. The van der Waals surface area contributed by atoms with Gasteiger partial charge in [-0.2, -0.15) is 0 Å². The van der Waals surface area contributed by atoms with Gasteiger partial charge in [0.2, 0.25) is 0 Å². The molecule has 0 atom stereocenters. The van der Waals surface area contributed by atoms with Crippen LogP contribution in [0.3, 0.4) is 0 Å². The first-order chi connectivity index (χ1) is 12.9. The SMILES string of the molecule is CON(C)S(=O)(=O)c1cccc(C(=O)N2CCC(c3ccccc3)CC2)c1. The summed E-state index contributed by atoms with van der Waals surface area (Å²) in [5.41, 5.74) is 1.68. The van der Waals surface area contributed by atoms with Gasteiger partial charge in [-0.1, -0.05) is 40.9 Å². The largest absolute Gasteiger partial charge is 0.339 e. The molecule has 1 saturated heterocycles. The van der Waals surface area contributed by atoms with Crippen molar-refractivity contribution in [3.63, 3.8) is 0 Å². The van der Waals surface area contributed by atoms with E-state index in [1.165, 1.54) is 31.9 Å². The van der Waals surface area contributed by atoms with E-state index in [9.17, 15) is 13.2 Å². The summed E-state index contributed by atoms with van der Waals surface area (Å²) in [5.74, 6) is 0.316. The van der Waals surface area contributed by atoms with Crippen molar-refractivity contribution in [1.82, 2.24) is 9.37 Å². The number of nitrogens with zero attached hydrogens (tertiary/aromatic N) is 2. The van der Waals surface area contributed by atoms with Gasteiger partial charge in [0.05, 0.1) is 12.0 Å². The third-order valence-corrected chi connectivity index (χ3v) is 6.70. The normalized spacial score (nSPS) is 15.9. The van der Waals surface area contributed by atoms with E-state index in [0.717, 1.165) is 17.3 Å². The van der Waals surface area contributed by atoms with Crippen molar-refractivity contribution in [3.05, 3.63) is 65.7 Å². The molecule has 7 heteroatoms. The number of sulfonamides is 1. The Morgan fingerprint density at radius 3 is 2.37 bits per heavy atom. The van der Waals surface area contributed by atoms with Crippen LogP contribution in [0.25, 0.3) is 0 Å². The van der Waals surface area contributed by atoms with Crippen molar-refractivity contribution < 1.29 is 18.0 Å². The fraction of sp³-hybridized carbons (Fsp3) is 0.350. The van der Waals surface area contributed by atoms with Gasteiger partial charge in [-0.05, 0) is 42.5 Å². The van der Waals surface area contributed by atoms with E-state index in [1.54, 1.807) is 17.0 Å². The number of hydrogen-bond acceptors (Lipinski definition) is 4. The quantitative estimate of drug-likeness (QED) is 0.739. The van der Waals surface area contributed by atoms with E-state index < -0.39 is 10.0 Å². The number of benzene rings is 2. The number of rotatable bonds is 5. The van der Waals surface area contributed by atoms with Gasteiger partial charge < -0.3 is 4.90 Å². The van der Waals surface area contributed by atoms with Crippen molar-refractivity contribution >= 4 is 15.9 Å². The lowest BCUT2D eigenvalue weighted by Gasteiger charge is -2.32. The first kappa shape index (κ1) is 19.5. The first-order valence-electron chi connectivity index (χ1n) is 8.91.